The predicted molar refractivity (Wildman–Crippen MR) is 120 cm³/mol. The maximum Gasteiger partial charge on any atom is 0.238 e. The molecule has 31 heavy (non-hydrogen) atoms. The average molecular weight is 455 g/mol. The van der Waals surface area contributed by atoms with Crippen LogP contribution in [0, 0.1) is 0 Å². The molecule has 0 radical (unpaired) electrons. The number of ether oxygens (including phenoxy) is 1. The largest absolute Gasteiger partial charge is 0.495 e. The van der Waals surface area contributed by atoms with Crippen molar-refractivity contribution >= 4 is 21.6 Å². The molecule has 158 valence electrons. The molecule has 8 heteroatoms. The van der Waals surface area contributed by atoms with E-state index in [1.807, 2.05) is 30.3 Å². The number of oxazole rings is 1. The minimum Gasteiger partial charge on any atom is -0.495 e. The Morgan fingerprint density at radius 3 is 2.42 bits per heavy atom. The molecular formula is C23H19ClN2O4S. The molecule has 0 fully saturated rings. The van der Waals surface area contributed by atoms with E-state index in [4.69, 9.17) is 25.9 Å². The lowest BCUT2D eigenvalue weighted by molar-refractivity contribution is 0.415. The number of nitrogens with two attached hydrogens (primary N) is 1. The molecule has 1 aromatic heterocycles. The Bertz CT molecular complexity index is 1330. The lowest BCUT2D eigenvalue weighted by Gasteiger charge is -2.08. The standard InChI is InChI=1S/C23H19ClN2O4S/c1-29-19-12-11-16(14-18(19)24)22-23(17-9-5-6-10-20(17)31(25,27)28)30-21(26-22)13-15-7-3-2-4-8-15/h2-12,14H,13H2,1H3,(H2,25,27,28). The quantitative estimate of drug-likeness (QED) is 0.446. The fourth-order valence-electron chi connectivity index (χ4n) is 3.30. The number of aromatic nitrogens is 1. The minimum absolute atomic E-state index is 0.0433. The summed E-state index contributed by atoms with van der Waals surface area (Å²) in [6.07, 6.45) is 0.440. The first-order valence-corrected chi connectivity index (χ1v) is 11.3. The van der Waals surface area contributed by atoms with Crippen molar-refractivity contribution in [2.75, 3.05) is 7.11 Å². The molecule has 0 bridgehead atoms. The van der Waals surface area contributed by atoms with Crippen molar-refractivity contribution in [3.63, 3.8) is 0 Å². The zero-order chi connectivity index (χ0) is 22.0. The molecular weight excluding hydrogens is 436 g/mol. The van der Waals surface area contributed by atoms with E-state index in [-0.39, 0.29) is 4.90 Å². The first kappa shape index (κ1) is 21.1. The summed E-state index contributed by atoms with van der Waals surface area (Å²) >= 11 is 6.32. The van der Waals surface area contributed by atoms with E-state index in [0.29, 0.717) is 45.7 Å². The number of hydrogen-bond donors (Lipinski definition) is 1. The van der Waals surface area contributed by atoms with Crippen molar-refractivity contribution in [2.45, 2.75) is 11.3 Å². The number of rotatable bonds is 6. The normalized spacial score (nSPS) is 11.5. The topological polar surface area (TPSA) is 95.4 Å². The minimum atomic E-state index is -3.98. The van der Waals surface area contributed by atoms with Gasteiger partial charge in [0.2, 0.25) is 10.0 Å². The van der Waals surface area contributed by atoms with Gasteiger partial charge in [-0.3, -0.25) is 0 Å². The molecule has 4 aromatic rings. The van der Waals surface area contributed by atoms with Crippen molar-refractivity contribution in [2.24, 2.45) is 5.14 Å². The maximum absolute atomic E-state index is 12.2. The number of nitrogens with zero attached hydrogens (tertiary/aromatic N) is 1. The lowest BCUT2D eigenvalue weighted by Crippen LogP contribution is -2.13. The number of hydrogen-bond acceptors (Lipinski definition) is 5. The van der Waals surface area contributed by atoms with Gasteiger partial charge in [0.1, 0.15) is 11.4 Å². The Labute approximate surface area is 185 Å². The molecule has 0 unspecified atom stereocenters. The Balaban J connectivity index is 1.91. The molecule has 0 atom stereocenters. The zero-order valence-corrected chi connectivity index (χ0v) is 18.2. The Morgan fingerprint density at radius 1 is 1.03 bits per heavy atom. The summed E-state index contributed by atoms with van der Waals surface area (Å²) in [5, 5.41) is 5.85. The SMILES string of the molecule is COc1ccc(-c2nc(Cc3ccccc3)oc2-c2ccccc2S(N)(=O)=O)cc1Cl. The van der Waals surface area contributed by atoms with Gasteiger partial charge < -0.3 is 9.15 Å². The number of benzene rings is 3. The first-order chi connectivity index (χ1) is 14.9. The molecule has 0 saturated heterocycles. The Hall–Kier alpha value is -3.13. The second-order valence-electron chi connectivity index (χ2n) is 6.84. The van der Waals surface area contributed by atoms with Crippen molar-refractivity contribution in [1.82, 2.24) is 4.98 Å². The summed E-state index contributed by atoms with van der Waals surface area (Å²) in [5.74, 6) is 1.26. The highest BCUT2D eigenvalue weighted by Gasteiger charge is 2.23. The Kier molecular flexibility index (Phi) is 5.82. The summed E-state index contributed by atoms with van der Waals surface area (Å²) in [4.78, 5) is 4.63. The first-order valence-electron chi connectivity index (χ1n) is 9.36. The smallest absolute Gasteiger partial charge is 0.238 e. The van der Waals surface area contributed by atoms with Crippen molar-refractivity contribution < 1.29 is 17.6 Å². The van der Waals surface area contributed by atoms with Crippen molar-refractivity contribution in [3.05, 3.63) is 89.3 Å². The fraction of sp³-hybridized carbons (Fsp3) is 0.0870. The van der Waals surface area contributed by atoms with Gasteiger partial charge in [-0.25, -0.2) is 18.5 Å². The van der Waals surface area contributed by atoms with E-state index < -0.39 is 10.0 Å². The van der Waals surface area contributed by atoms with Crippen LogP contribution in [0.25, 0.3) is 22.6 Å². The van der Waals surface area contributed by atoms with Crippen LogP contribution in [0.15, 0.2) is 82.1 Å². The van der Waals surface area contributed by atoms with E-state index in [9.17, 15) is 8.42 Å². The van der Waals surface area contributed by atoms with Gasteiger partial charge in [-0.15, -0.1) is 0 Å². The summed E-state index contributed by atoms with van der Waals surface area (Å²) in [7, 11) is -2.45. The molecule has 3 aromatic carbocycles. The number of methoxy groups -OCH3 is 1. The van der Waals surface area contributed by atoms with Crippen LogP contribution >= 0.6 is 11.6 Å². The number of halogens is 1. The van der Waals surface area contributed by atoms with Crippen LogP contribution in [0.3, 0.4) is 0 Å². The third-order valence-electron chi connectivity index (χ3n) is 4.73. The van der Waals surface area contributed by atoms with Gasteiger partial charge in [0.25, 0.3) is 0 Å². The molecule has 4 rings (SSSR count). The molecule has 2 N–H and O–H groups in total. The lowest BCUT2D eigenvalue weighted by atomic mass is 10.1. The van der Waals surface area contributed by atoms with Crippen LogP contribution in [0.2, 0.25) is 5.02 Å². The highest BCUT2D eigenvalue weighted by Crippen LogP contribution is 2.38. The van der Waals surface area contributed by atoms with E-state index in [1.54, 1.807) is 36.4 Å². The zero-order valence-electron chi connectivity index (χ0n) is 16.6. The monoisotopic (exact) mass is 454 g/mol. The van der Waals surface area contributed by atoms with Gasteiger partial charge in [0.15, 0.2) is 11.7 Å². The van der Waals surface area contributed by atoms with E-state index >= 15 is 0 Å². The third-order valence-corrected chi connectivity index (χ3v) is 6.00. The molecule has 1 heterocycles. The van der Waals surface area contributed by atoms with Gasteiger partial charge in [-0.1, -0.05) is 54.1 Å². The third kappa shape index (κ3) is 4.49. The van der Waals surface area contributed by atoms with Gasteiger partial charge in [0.05, 0.1) is 17.0 Å². The molecule has 0 aliphatic rings. The summed E-state index contributed by atoms with van der Waals surface area (Å²) in [6, 6.07) is 21.3. The fourth-order valence-corrected chi connectivity index (χ4v) is 4.30. The van der Waals surface area contributed by atoms with Gasteiger partial charge in [-0.2, -0.15) is 0 Å². The molecule has 0 saturated carbocycles. The summed E-state index contributed by atoms with van der Waals surface area (Å²) in [6.45, 7) is 0. The van der Waals surface area contributed by atoms with Crippen LogP contribution < -0.4 is 9.88 Å². The van der Waals surface area contributed by atoms with Crippen molar-refractivity contribution in [3.8, 4) is 28.3 Å². The highest BCUT2D eigenvalue weighted by atomic mass is 35.5. The molecule has 0 aliphatic heterocycles. The Morgan fingerprint density at radius 2 is 1.74 bits per heavy atom. The van der Waals surface area contributed by atoms with Gasteiger partial charge in [-0.05, 0) is 35.9 Å². The van der Waals surface area contributed by atoms with Crippen molar-refractivity contribution in [1.29, 1.82) is 0 Å². The molecule has 0 amide bonds. The average Bonchev–Trinajstić information content (AvgIpc) is 3.17. The molecule has 0 aliphatic carbocycles. The highest BCUT2D eigenvalue weighted by molar-refractivity contribution is 7.89. The number of primary sulfonamides is 1. The molecule has 0 spiro atoms. The van der Waals surface area contributed by atoms with Crippen LogP contribution in [-0.2, 0) is 16.4 Å². The van der Waals surface area contributed by atoms with Gasteiger partial charge >= 0.3 is 0 Å². The van der Waals surface area contributed by atoms with E-state index in [1.165, 1.54) is 13.2 Å². The second-order valence-corrected chi connectivity index (χ2v) is 8.78. The summed E-state index contributed by atoms with van der Waals surface area (Å²) in [5.41, 5.74) is 2.47. The summed E-state index contributed by atoms with van der Waals surface area (Å²) < 4.78 is 35.7. The van der Waals surface area contributed by atoms with Crippen LogP contribution in [0.4, 0.5) is 0 Å². The maximum atomic E-state index is 12.2. The number of sulfonamides is 1. The van der Waals surface area contributed by atoms with Crippen LogP contribution in [0.1, 0.15) is 11.5 Å². The van der Waals surface area contributed by atoms with Gasteiger partial charge in [0, 0.05) is 17.5 Å². The predicted octanol–water partition coefficient (Wildman–Crippen LogP) is 4.91. The second kappa shape index (κ2) is 8.55. The van der Waals surface area contributed by atoms with E-state index in [0.717, 1.165) is 5.56 Å². The van der Waals surface area contributed by atoms with Crippen LogP contribution in [0.5, 0.6) is 5.75 Å². The van der Waals surface area contributed by atoms with Crippen LogP contribution in [-0.4, -0.2) is 20.5 Å². The molecule has 6 nitrogen and oxygen atoms in total. The van der Waals surface area contributed by atoms with E-state index in [2.05, 4.69) is 4.98 Å².